The molecule has 284 valence electrons. The molecule has 12 rings (SSSR count). The Morgan fingerprint density at radius 1 is 0.262 bits per heavy atom. The van der Waals surface area contributed by atoms with E-state index in [-0.39, 0.29) is 0 Å². The minimum Gasteiger partial charge on any atom is -0.456 e. The second-order valence-corrected chi connectivity index (χ2v) is 15.5. The highest BCUT2D eigenvalue weighted by molar-refractivity contribution is 6.17. The van der Waals surface area contributed by atoms with Crippen LogP contribution < -0.4 is 0 Å². The molecule has 0 N–H and O–H groups in total. The van der Waals surface area contributed by atoms with Gasteiger partial charge in [0.25, 0.3) is 0 Å². The van der Waals surface area contributed by atoms with E-state index in [1.807, 2.05) is 36.4 Å². The second kappa shape index (κ2) is 14.3. The zero-order valence-corrected chi connectivity index (χ0v) is 33.0. The summed E-state index contributed by atoms with van der Waals surface area (Å²) in [4.78, 5) is 15.4. The van der Waals surface area contributed by atoms with Crippen molar-refractivity contribution in [2.24, 2.45) is 0 Å². The fourth-order valence-corrected chi connectivity index (χ4v) is 8.95. The van der Waals surface area contributed by atoms with Gasteiger partial charge in [-0.1, -0.05) is 176 Å². The smallest absolute Gasteiger partial charge is 0.164 e. The zero-order chi connectivity index (χ0) is 40.3. The average Bonchev–Trinajstić information content (AvgIpc) is 3.72. The van der Waals surface area contributed by atoms with Gasteiger partial charge in [-0.05, 0) is 102 Å². The standard InChI is InChI=1S/C57H35N3O/c1-3-13-36(14-4-1)40-18-11-19-43(33-40)56-58-55(39-16-5-2-6-17-39)59-57(60-56)49-32-31-47(45-21-9-10-22-46(45)49)48-23-12-24-52-54(48)50-30-29-42(35-53(50)61-52)41-28-27-38-26-25-37-15-7-8-20-44(37)51(38)34-41/h1-35H. The van der Waals surface area contributed by atoms with Crippen LogP contribution in [-0.2, 0) is 0 Å². The molecular weight excluding hydrogens is 743 g/mol. The number of benzene rings is 10. The molecule has 10 aromatic carbocycles. The maximum Gasteiger partial charge on any atom is 0.164 e. The summed E-state index contributed by atoms with van der Waals surface area (Å²) in [6, 6.07) is 74.6. The van der Waals surface area contributed by atoms with Crippen molar-refractivity contribution in [3.8, 4) is 67.5 Å². The SMILES string of the molecule is c1ccc(-c2cccc(-c3nc(-c4ccccc4)nc(-c4ccc(-c5cccc6oc7cc(-c8ccc9ccc%10ccccc%10c9c8)ccc7c56)c5ccccc45)n3)c2)cc1. The average molecular weight is 778 g/mol. The maximum absolute atomic E-state index is 6.66. The molecule has 0 aliphatic carbocycles. The van der Waals surface area contributed by atoms with Crippen LogP contribution in [0.3, 0.4) is 0 Å². The summed E-state index contributed by atoms with van der Waals surface area (Å²) in [5.41, 5.74) is 11.3. The molecule has 0 spiro atoms. The minimum atomic E-state index is 0.623. The van der Waals surface area contributed by atoms with Gasteiger partial charge in [-0.15, -0.1) is 0 Å². The summed E-state index contributed by atoms with van der Waals surface area (Å²) in [5.74, 6) is 1.88. The number of aromatic nitrogens is 3. The molecule has 0 atom stereocenters. The van der Waals surface area contributed by atoms with E-state index in [2.05, 4.69) is 176 Å². The van der Waals surface area contributed by atoms with Gasteiger partial charge in [-0.25, -0.2) is 15.0 Å². The van der Waals surface area contributed by atoms with E-state index >= 15 is 0 Å². The van der Waals surface area contributed by atoms with Crippen LogP contribution in [0.2, 0.25) is 0 Å². The fourth-order valence-electron chi connectivity index (χ4n) is 8.95. The second-order valence-electron chi connectivity index (χ2n) is 15.5. The highest BCUT2D eigenvalue weighted by Gasteiger charge is 2.19. The van der Waals surface area contributed by atoms with Crippen molar-refractivity contribution in [3.63, 3.8) is 0 Å². The molecule has 4 nitrogen and oxygen atoms in total. The van der Waals surface area contributed by atoms with Gasteiger partial charge in [0.1, 0.15) is 11.2 Å². The Bertz CT molecular complexity index is 3650. The van der Waals surface area contributed by atoms with Crippen LogP contribution in [0.15, 0.2) is 217 Å². The Morgan fingerprint density at radius 3 is 1.64 bits per heavy atom. The lowest BCUT2D eigenvalue weighted by molar-refractivity contribution is 0.669. The van der Waals surface area contributed by atoms with Gasteiger partial charge in [0.2, 0.25) is 0 Å². The van der Waals surface area contributed by atoms with E-state index in [1.165, 1.54) is 21.5 Å². The number of rotatable bonds is 6. The van der Waals surface area contributed by atoms with Crippen LogP contribution in [0.5, 0.6) is 0 Å². The van der Waals surface area contributed by atoms with E-state index in [1.54, 1.807) is 0 Å². The Hall–Kier alpha value is -8.21. The van der Waals surface area contributed by atoms with E-state index in [4.69, 9.17) is 19.4 Å². The number of fused-ring (bicyclic) bond motifs is 7. The van der Waals surface area contributed by atoms with Crippen LogP contribution in [-0.4, -0.2) is 15.0 Å². The van der Waals surface area contributed by atoms with Crippen molar-refractivity contribution in [3.05, 3.63) is 212 Å². The molecule has 61 heavy (non-hydrogen) atoms. The summed E-state index contributed by atoms with van der Waals surface area (Å²) in [6.45, 7) is 0. The number of hydrogen-bond acceptors (Lipinski definition) is 4. The van der Waals surface area contributed by atoms with Gasteiger partial charge < -0.3 is 4.42 Å². The lowest BCUT2D eigenvalue weighted by Gasteiger charge is -2.14. The summed E-state index contributed by atoms with van der Waals surface area (Å²) in [5, 5.41) is 9.33. The van der Waals surface area contributed by atoms with Gasteiger partial charge in [0.15, 0.2) is 17.5 Å². The van der Waals surface area contributed by atoms with Gasteiger partial charge >= 0.3 is 0 Å². The number of furan rings is 1. The first kappa shape index (κ1) is 34.8. The van der Waals surface area contributed by atoms with Crippen LogP contribution in [0.1, 0.15) is 0 Å². The van der Waals surface area contributed by atoms with E-state index in [9.17, 15) is 0 Å². The van der Waals surface area contributed by atoms with Crippen molar-refractivity contribution >= 4 is 54.3 Å². The van der Waals surface area contributed by atoms with E-state index < -0.39 is 0 Å². The Morgan fingerprint density at radius 2 is 0.820 bits per heavy atom. The quantitative estimate of drug-likeness (QED) is 0.158. The molecule has 0 bridgehead atoms. The molecule has 0 aliphatic heterocycles. The third kappa shape index (κ3) is 6.04. The molecular formula is C57H35N3O. The van der Waals surface area contributed by atoms with Gasteiger partial charge in [-0.2, -0.15) is 0 Å². The first-order valence-corrected chi connectivity index (χ1v) is 20.6. The number of hydrogen-bond donors (Lipinski definition) is 0. The molecule has 0 aliphatic rings. The molecule has 0 amide bonds. The van der Waals surface area contributed by atoms with Crippen LogP contribution in [0, 0.1) is 0 Å². The van der Waals surface area contributed by atoms with Crippen molar-refractivity contribution < 1.29 is 4.42 Å². The van der Waals surface area contributed by atoms with Crippen molar-refractivity contribution in [1.29, 1.82) is 0 Å². The Kier molecular flexibility index (Phi) is 8.13. The highest BCUT2D eigenvalue weighted by atomic mass is 16.3. The molecule has 2 heterocycles. The molecule has 2 aromatic heterocycles. The van der Waals surface area contributed by atoms with Gasteiger partial charge in [0, 0.05) is 27.5 Å². The van der Waals surface area contributed by atoms with E-state index in [0.29, 0.717) is 17.5 Å². The maximum atomic E-state index is 6.66. The lowest BCUT2D eigenvalue weighted by atomic mass is 9.92. The molecule has 0 unspecified atom stereocenters. The number of nitrogens with zero attached hydrogens (tertiary/aromatic N) is 3. The molecule has 0 fully saturated rings. The molecule has 0 radical (unpaired) electrons. The molecule has 12 aromatic rings. The first-order valence-electron chi connectivity index (χ1n) is 20.6. The third-order valence-corrected chi connectivity index (χ3v) is 11.9. The summed E-state index contributed by atoms with van der Waals surface area (Å²) in [7, 11) is 0. The molecule has 0 saturated carbocycles. The monoisotopic (exact) mass is 777 g/mol. The van der Waals surface area contributed by atoms with Crippen molar-refractivity contribution in [1.82, 2.24) is 15.0 Å². The highest BCUT2D eigenvalue weighted by Crippen LogP contribution is 2.43. The first-order chi connectivity index (χ1) is 30.2. The summed E-state index contributed by atoms with van der Waals surface area (Å²) >= 11 is 0. The fraction of sp³-hybridized carbons (Fsp3) is 0. The van der Waals surface area contributed by atoms with Crippen molar-refractivity contribution in [2.45, 2.75) is 0 Å². The van der Waals surface area contributed by atoms with Gasteiger partial charge in [0.05, 0.1) is 0 Å². The van der Waals surface area contributed by atoms with Crippen LogP contribution in [0.4, 0.5) is 0 Å². The predicted molar refractivity (Wildman–Crippen MR) is 252 cm³/mol. The van der Waals surface area contributed by atoms with Crippen LogP contribution >= 0.6 is 0 Å². The lowest BCUT2D eigenvalue weighted by Crippen LogP contribution is -2.01. The normalized spacial score (nSPS) is 11.6. The summed E-state index contributed by atoms with van der Waals surface area (Å²) in [6.07, 6.45) is 0. The largest absolute Gasteiger partial charge is 0.456 e. The zero-order valence-electron chi connectivity index (χ0n) is 33.0. The minimum absolute atomic E-state index is 0.623. The Balaban J connectivity index is 0.988. The van der Waals surface area contributed by atoms with Gasteiger partial charge in [-0.3, -0.25) is 0 Å². The van der Waals surface area contributed by atoms with E-state index in [0.717, 1.165) is 82.8 Å². The molecule has 4 heteroatoms. The third-order valence-electron chi connectivity index (χ3n) is 11.9. The Labute approximate surface area is 352 Å². The van der Waals surface area contributed by atoms with Crippen LogP contribution in [0.25, 0.3) is 122 Å². The topological polar surface area (TPSA) is 51.8 Å². The predicted octanol–water partition coefficient (Wildman–Crippen LogP) is 15.2. The molecule has 0 saturated heterocycles. The van der Waals surface area contributed by atoms with Crippen molar-refractivity contribution in [2.75, 3.05) is 0 Å². The summed E-state index contributed by atoms with van der Waals surface area (Å²) < 4.78 is 6.66.